The first-order valence-electron chi connectivity index (χ1n) is 9.32. The van der Waals surface area contributed by atoms with Crippen LogP contribution in [0.5, 0.6) is 5.75 Å². The Morgan fingerprint density at radius 1 is 1.13 bits per heavy atom. The summed E-state index contributed by atoms with van der Waals surface area (Å²) in [7, 11) is 1.42. The molecule has 0 aliphatic carbocycles. The number of nitrogens with zero attached hydrogens (tertiary/aromatic N) is 1. The van der Waals surface area contributed by atoms with Crippen molar-refractivity contribution in [1.29, 1.82) is 0 Å². The van der Waals surface area contributed by atoms with E-state index in [1.54, 1.807) is 56.3 Å². The predicted octanol–water partition coefficient (Wildman–Crippen LogP) is 4.84. The van der Waals surface area contributed by atoms with Crippen LogP contribution in [0.3, 0.4) is 0 Å². The Balaban J connectivity index is 2.38. The summed E-state index contributed by atoms with van der Waals surface area (Å²) in [5, 5.41) is 5.69. The zero-order valence-corrected chi connectivity index (χ0v) is 18.2. The second-order valence-electron chi connectivity index (χ2n) is 6.13. The van der Waals surface area contributed by atoms with E-state index in [4.69, 9.17) is 22.8 Å². The van der Waals surface area contributed by atoms with Crippen molar-refractivity contribution in [2.75, 3.05) is 12.4 Å². The van der Waals surface area contributed by atoms with E-state index in [9.17, 15) is 9.59 Å². The Morgan fingerprint density at radius 3 is 2.42 bits per heavy atom. The summed E-state index contributed by atoms with van der Waals surface area (Å²) in [5.41, 5.74) is 1.30. The Morgan fingerprint density at radius 2 is 1.84 bits per heavy atom. The van der Waals surface area contributed by atoms with Gasteiger partial charge in [-0.1, -0.05) is 41.8 Å². The third kappa shape index (κ3) is 6.33. The number of terminal acetylenes is 1. The molecule has 158 valence electrons. The number of nitrogens with one attached hydrogen (secondary N) is 2. The number of halogens is 1. The van der Waals surface area contributed by atoms with E-state index in [0.717, 1.165) is 0 Å². The van der Waals surface area contributed by atoms with Crippen molar-refractivity contribution in [3.63, 3.8) is 0 Å². The van der Waals surface area contributed by atoms with Gasteiger partial charge in [-0.05, 0) is 38.1 Å². The molecular formula is C24H22ClN3O3. The molecule has 0 aliphatic rings. The van der Waals surface area contributed by atoms with Crippen LogP contribution in [0, 0.1) is 12.3 Å². The first kappa shape index (κ1) is 23.5. The average Bonchev–Trinajstić information content (AvgIpc) is 2.79. The van der Waals surface area contributed by atoms with Crippen LogP contribution in [0.25, 0.3) is 0 Å². The molecule has 2 aromatic carbocycles. The number of methoxy groups -OCH3 is 1. The third-order valence-corrected chi connectivity index (χ3v) is 4.36. The maximum Gasteiger partial charge on any atom is 0.259 e. The predicted molar refractivity (Wildman–Crippen MR) is 125 cm³/mol. The van der Waals surface area contributed by atoms with Crippen molar-refractivity contribution in [2.45, 2.75) is 13.8 Å². The van der Waals surface area contributed by atoms with Crippen molar-refractivity contribution in [1.82, 2.24) is 5.32 Å². The number of allylic oxidation sites excluding steroid dienone is 3. The van der Waals surface area contributed by atoms with Gasteiger partial charge in [0.2, 0.25) is 0 Å². The Hall–Kier alpha value is -3.82. The van der Waals surface area contributed by atoms with Gasteiger partial charge < -0.3 is 15.4 Å². The average molecular weight is 436 g/mol. The van der Waals surface area contributed by atoms with Gasteiger partial charge >= 0.3 is 0 Å². The van der Waals surface area contributed by atoms with Crippen LogP contribution < -0.4 is 15.4 Å². The van der Waals surface area contributed by atoms with Gasteiger partial charge in [0, 0.05) is 28.4 Å². The smallest absolute Gasteiger partial charge is 0.259 e. The number of amides is 2. The van der Waals surface area contributed by atoms with Crippen LogP contribution in [0.1, 0.15) is 34.6 Å². The minimum atomic E-state index is -0.530. The lowest BCUT2D eigenvalue weighted by atomic mass is 10.1. The molecule has 0 unspecified atom stereocenters. The molecule has 0 spiro atoms. The Kier molecular flexibility index (Phi) is 8.62. The van der Waals surface area contributed by atoms with Crippen LogP contribution >= 0.6 is 11.6 Å². The maximum atomic E-state index is 13.0. The molecule has 0 aliphatic heterocycles. The van der Waals surface area contributed by atoms with Crippen LogP contribution in [0.15, 0.2) is 71.0 Å². The lowest BCUT2D eigenvalue weighted by Gasteiger charge is -2.16. The molecule has 0 saturated heterocycles. The van der Waals surface area contributed by atoms with Gasteiger partial charge in [0.25, 0.3) is 11.8 Å². The normalized spacial score (nSPS) is 11.7. The maximum absolute atomic E-state index is 13.0. The van der Waals surface area contributed by atoms with Gasteiger partial charge in [0.1, 0.15) is 11.6 Å². The molecule has 6 nitrogen and oxygen atoms in total. The highest BCUT2D eigenvalue weighted by Crippen LogP contribution is 2.33. The van der Waals surface area contributed by atoms with Crippen molar-refractivity contribution in [2.24, 2.45) is 4.99 Å². The third-order valence-electron chi connectivity index (χ3n) is 4.14. The van der Waals surface area contributed by atoms with Gasteiger partial charge in [-0.2, -0.15) is 0 Å². The van der Waals surface area contributed by atoms with E-state index in [-0.39, 0.29) is 27.8 Å². The minimum Gasteiger partial charge on any atom is -0.494 e. The first-order valence-corrected chi connectivity index (χ1v) is 9.69. The summed E-state index contributed by atoms with van der Waals surface area (Å²) in [4.78, 5) is 29.9. The molecule has 0 saturated carbocycles. The largest absolute Gasteiger partial charge is 0.494 e. The summed E-state index contributed by atoms with van der Waals surface area (Å²) >= 11 is 6.16. The van der Waals surface area contributed by atoms with Crippen molar-refractivity contribution < 1.29 is 14.3 Å². The summed E-state index contributed by atoms with van der Waals surface area (Å²) < 4.78 is 5.34. The molecule has 2 amide bonds. The van der Waals surface area contributed by atoms with Crippen LogP contribution in [-0.2, 0) is 0 Å². The molecule has 0 heterocycles. The SMILES string of the molecule is C#CC(/C=N\C(=C/C)NC(=O)c1cc(Cl)cc(OC)c1NC(=O)c1ccccc1)=C/C. The molecule has 0 radical (unpaired) electrons. The highest BCUT2D eigenvalue weighted by molar-refractivity contribution is 6.31. The van der Waals surface area contributed by atoms with Crippen molar-refractivity contribution >= 4 is 35.3 Å². The molecule has 0 bridgehead atoms. The fourth-order valence-corrected chi connectivity index (χ4v) is 2.73. The number of carbonyl (C=O) groups excluding carboxylic acids is 2. The minimum absolute atomic E-state index is 0.117. The van der Waals surface area contributed by atoms with E-state index in [2.05, 4.69) is 21.5 Å². The van der Waals surface area contributed by atoms with E-state index in [0.29, 0.717) is 11.1 Å². The Labute approximate surface area is 186 Å². The molecule has 7 heteroatoms. The number of rotatable bonds is 7. The molecule has 0 atom stereocenters. The zero-order chi connectivity index (χ0) is 22.8. The van der Waals surface area contributed by atoms with E-state index in [1.165, 1.54) is 25.5 Å². The zero-order valence-electron chi connectivity index (χ0n) is 17.4. The van der Waals surface area contributed by atoms with E-state index in [1.807, 2.05) is 0 Å². The molecule has 31 heavy (non-hydrogen) atoms. The highest BCUT2D eigenvalue weighted by atomic mass is 35.5. The lowest BCUT2D eigenvalue weighted by molar-refractivity contribution is 0.0966. The quantitative estimate of drug-likeness (QED) is 0.482. The Bertz CT molecular complexity index is 1100. The standard InChI is InChI=1S/C24H22ClN3O3/c1-5-16(6-2)15-26-21(7-3)27-24(30)19-13-18(25)14-20(31-4)22(19)28-23(29)17-11-9-8-10-12-17/h1,6-15H,2-4H3,(H,27,30)(H,28,29)/b16-6-,21-7+,26-15-. The number of ether oxygens (including phenoxy) is 1. The number of anilines is 1. The van der Waals surface area contributed by atoms with Gasteiger partial charge in [-0.15, -0.1) is 6.42 Å². The number of hydrogen-bond acceptors (Lipinski definition) is 4. The van der Waals surface area contributed by atoms with Crippen molar-refractivity contribution in [3.8, 4) is 18.1 Å². The van der Waals surface area contributed by atoms with Crippen LogP contribution in [0.4, 0.5) is 5.69 Å². The second-order valence-corrected chi connectivity index (χ2v) is 6.56. The monoisotopic (exact) mass is 435 g/mol. The molecule has 2 N–H and O–H groups in total. The van der Waals surface area contributed by atoms with Gasteiger partial charge in [0.05, 0.1) is 18.4 Å². The molecule has 2 rings (SSSR count). The van der Waals surface area contributed by atoms with Gasteiger partial charge in [-0.25, -0.2) is 4.99 Å². The van der Waals surface area contributed by atoms with Crippen LogP contribution in [-0.4, -0.2) is 25.1 Å². The summed E-state index contributed by atoms with van der Waals surface area (Å²) in [6, 6.07) is 11.6. The number of aliphatic imine (C=N–C) groups is 1. The molecule has 2 aromatic rings. The topological polar surface area (TPSA) is 79.8 Å². The van der Waals surface area contributed by atoms with Crippen molar-refractivity contribution in [3.05, 3.63) is 82.2 Å². The van der Waals surface area contributed by atoms with Crippen LogP contribution in [0.2, 0.25) is 5.02 Å². The fraction of sp³-hybridized carbons (Fsp3) is 0.125. The summed E-state index contributed by atoms with van der Waals surface area (Å²) in [6.07, 6.45) is 10.2. The van der Waals surface area contributed by atoms with Gasteiger partial charge in [0.15, 0.2) is 0 Å². The number of benzene rings is 2. The fourth-order valence-electron chi connectivity index (χ4n) is 2.52. The summed E-state index contributed by atoms with van der Waals surface area (Å²) in [5.74, 6) is 2.07. The number of hydrogen-bond donors (Lipinski definition) is 2. The van der Waals surface area contributed by atoms with E-state index < -0.39 is 11.8 Å². The van der Waals surface area contributed by atoms with E-state index >= 15 is 0 Å². The second kappa shape index (κ2) is 11.4. The molecule has 0 aromatic heterocycles. The lowest BCUT2D eigenvalue weighted by Crippen LogP contribution is -2.24. The summed E-state index contributed by atoms with van der Waals surface area (Å²) in [6.45, 7) is 3.50. The molecular weight excluding hydrogens is 414 g/mol. The number of carbonyl (C=O) groups is 2. The molecule has 0 fully saturated rings. The highest BCUT2D eigenvalue weighted by Gasteiger charge is 2.20. The van der Waals surface area contributed by atoms with Gasteiger partial charge in [-0.3, -0.25) is 9.59 Å². The first-order chi connectivity index (χ1) is 14.9.